The highest BCUT2D eigenvalue weighted by Gasteiger charge is 2.10. The Morgan fingerprint density at radius 3 is 2.57 bits per heavy atom. The van der Waals surface area contributed by atoms with Gasteiger partial charge in [-0.1, -0.05) is 30.3 Å². The van der Waals surface area contributed by atoms with Gasteiger partial charge in [-0.25, -0.2) is 0 Å². The maximum atomic E-state index is 12.4. The minimum absolute atomic E-state index is 0.0124. The van der Waals surface area contributed by atoms with Gasteiger partial charge in [0.15, 0.2) is 0 Å². The Bertz CT molecular complexity index is 777. The Hall–Kier alpha value is -2.72. The molecule has 1 heterocycles. The fourth-order valence-electron chi connectivity index (χ4n) is 2.18. The summed E-state index contributed by atoms with van der Waals surface area (Å²) in [5.41, 5.74) is 2.72. The normalized spacial score (nSPS) is 10.5. The summed E-state index contributed by atoms with van der Waals surface area (Å²) in [6.07, 6.45) is 1.68. The van der Waals surface area contributed by atoms with E-state index in [0.717, 1.165) is 10.9 Å². The van der Waals surface area contributed by atoms with Gasteiger partial charge in [-0.05, 0) is 29.8 Å². The lowest BCUT2D eigenvalue weighted by Crippen LogP contribution is -2.12. The molecule has 0 unspecified atom stereocenters. The van der Waals surface area contributed by atoms with Crippen LogP contribution in [0.5, 0.6) is 0 Å². The molecule has 0 aliphatic heterocycles. The van der Waals surface area contributed by atoms with Gasteiger partial charge < -0.3 is 10.4 Å². The molecule has 0 bridgehead atoms. The number of amides is 1. The van der Waals surface area contributed by atoms with Gasteiger partial charge in [-0.2, -0.15) is 0 Å². The number of rotatable bonds is 3. The topological polar surface area (TPSA) is 62.2 Å². The van der Waals surface area contributed by atoms with E-state index >= 15 is 0 Å². The Morgan fingerprint density at radius 1 is 1.05 bits per heavy atom. The Morgan fingerprint density at radius 2 is 1.81 bits per heavy atom. The second-order valence-corrected chi connectivity index (χ2v) is 4.69. The third-order valence-electron chi connectivity index (χ3n) is 3.27. The van der Waals surface area contributed by atoms with E-state index in [0.29, 0.717) is 16.8 Å². The highest BCUT2D eigenvalue weighted by Crippen LogP contribution is 2.18. The highest BCUT2D eigenvalue weighted by molar-refractivity contribution is 6.11. The Labute approximate surface area is 122 Å². The molecule has 104 valence electrons. The fraction of sp³-hybridized carbons (Fsp3) is 0.0588. The number of aromatic nitrogens is 1. The number of para-hydroxylation sites is 1. The van der Waals surface area contributed by atoms with Crippen LogP contribution in [0.2, 0.25) is 0 Å². The average Bonchev–Trinajstić information content (AvgIpc) is 2.55. The number of anilines is 1. The van der Waals surface area contributed by atoms with E-state index in [4.69, 9.17) is 5.11 Å². The minimum Gasteiger partial charge on any atom is -0.392 e. The first-order chi connectivity index (χ1) is 10.3. The van der Waals surface area contributed by atoms with Crippen LogP contribution in [0, 0.1) is 0 Å². The zero-order chi connectivity index (χ0) is 14.7. The van der Waals surface area contributed by atoms with Gasteiger partial charge in [0.25, 0.3) is 5.91 Å². The summed E-state index contributed by atoms with van der Waals surface area (Å²) in [6.45, 7) is -0.0124. The van der Waals surface area contributed by atoms with Crippen molar-refractivity contribution >= 4 is 22.5 Å². The molecule has 2 N–H and O–H groups in total. The number of aliphatic hydroxyl groups excluding tert-OH is 1. The summed E-state index contributed by atoms with van der Waals surface area (Å²) >= 11 is 0. The zero-order valence-corrected chi connectivity index (χ0v) is 11.3. The first-order valence-corrected chi connectivity index (χ1v) is 6.63. The predicted molar refractivity (Wildman–Crippen MR) is 82.1 cm³/mol. The third-order valence-corrected chi connectivity index (χ3v) is 3.27. The molecular weight excluding hydrogens is 264 g/mol. The highest BCUT2D eigenvalue weighted by atomic mass is 16.3. The second kappa shape index (κ2) is 5.73. The number of hydrogen-bond acceptors (Lipinski definition) is 3. The molecule has 1 amide bonds. The third kappa shape index (κ3) is 2.75. The van der Waals surface area contributed by atoms with Gasteiger partial charge in [-0.15, -0.1) is 0 Å². The van der Waals surface area contributed by atoms with Crippen molar-refractivity contribution in [1.82, 2.24) is 4.98 Å². The Balaban J connectivity index is 1.90. The number of fused-ring (bicyclic) bond motifs is 1. The van der Waals surface area contributed by atoms with Gasteiger partial charge in [0.2, 0.25) is 0 Å². The van der Waals surface area contributed by atoms with Crippen LogP contribution in [-0.4, -0.2) is 16.0 Å². The number of benzene rings is 2. The fourth-order valence-corrected chi connectivity index (χ4v) is 2.18. The van der Waals surface area contributed by atoms with Gasteiger partial charge in [0.05, 0.1) is 17.7 Å². The molecule has 4 heteroatoms. The summed E-state index contributed by atoms with van der Waals surface area (Å²) in [5, 5.41) is 12.8. The summed E-state index contributed by atoms with van der Waals surface area (Å²) in [6, 6.07) is 16.4. The zero-order valence-electron chi connectivity index (χ0n) is 11.3. The van der Waals surface area contributed by atoms with Crippen molar-refractivity contribution in [2.75, 3.05) is 5.32 Å². The van der Waals surface area contributed by atoms with Crippen LogP contribution in [-0.2, 0) is 6.61 Å². The van der Waals surface area contributed by atoms with Crippen molar-refractivity contribution in [2.45, 2.75) is 6.61 Å². The lowest BCUT2D eigenvalue weighted by atomic mass is 10.1. The summed E-state index contributed by atoms with van der Waals surface area (Å²) in [5.74, 6) is -0.198. The van der Waals surface area contributed by atoms with E-state index in [1.807, 2.05) is 24.3 Å². The van der Waals surface area contributed by atoms with Crippen molar-refractivity contribution in [3.05, 3.63) is 71.9 Å². The van der Waals surface area contributed by atoms with Crippen molar-refractivity contribution in [3.8, 4) is 0 Å². The molecule has 1 aromatic heterocycles. The van der Waals surface area contributed by atoms with E-state index in [2.05, 4.69) is 10.3 Å². The number of carbonyl (C=O) groups excluding carboxylic acids is 1. The monoisotopic (exact) mass is 278 g/mol. The average molecular weight is 278 g/mol. The van der Waals surface area contributed by atoms with Gasteiger partial charge >= 0.3 is 0 Å². The van der Waals surface area contributed by atoms with Gasteiger partial charge in [-0.3, -0.25) is 9.78 Å². The maximum Gasteiger partial charge on any atom is 0.257 e. The Kier molecular flexibility index (Phi) is 3.62. The van der Waals surface area contributed by atoms with Crippen LogP contribution < -0.4 is 5.32 Å². The van der Waals surface area contributed by atoms with Crippen molar-refractivity contribution in [2.24, 2.45) is 0 Å². The quantitative estimate of drug-likeness (QED) is 0.774. The number of aliphatic hydroxyl groups is 1. The summed E-state index contributed by atoms with van der Waals surface area (Å²) < 4.78 is 0. The van der Waals surface area contributed by atoms with Crippen molar-refractivity contribution < 1.29 is 9.90 Å². The van der Waals surface area contributed by atoms with E-state index < -0.39 is 0 Å². The standard InChI is InChI=1S/C17H14N2O2/c20-11-12-6-8-14(9-7-12)19-17(21)15-5-1-3-13-4-2-10-18-16(13)15/h1-10,20H,11H2,(H,19,21). The first kappa shape index (κ1) is 13.3. The van der Waals surface area contributed by atoms with E-state index in [1.54, 1.807) is 36.5 Å². The lowest BCUT2D eigenvalue weighted by Gasteiger charge is -2.08. The number of pyridine rings is 1. The van der Waals surface area contributed by atoms with Crippen LogP contribution in [0.15, 0.2) is 60.8 Å². The van der Waals surface area contributed by atoms with E-state index in [9.17, 15) is 4.79 Å². The van der Waals surface area contributed by atoms with Crippen LogP contribution in [0.3, 0.4) is 0 Å². The molecular formula is C17H14N2O2. The van der Waals surface area contributed by atoms with Gasteiger partial charge in [0, 0.05) is 17.3 Å². The molecule has 4 nitrogen and oxygen atoms in total. The second-order valence-electron chi connectivity index (χ2n) is 4.69. The molecule has 21 heavy (non-hydrogen) atoms. The molecule has 0 saturated heterocycles. The molecule has 3 rings (SSSR count). The largest absolute Gasteiger partial charge is 0.392 e. The molecule has 0 spiro atoms. The predicted octanol–water partition coefficient (Wildman–Crippen LogP) is 2.98. The number of carbonyl (C=O) groups is 1. The van der Waals surface area contributed by atoms with Crippen LogP contribution >= 0.6 is 0 Å². The van der Waals surface area contributed by atoms with Crippen LogP contribution in [0.4, 0.5) is 5.69 Å². The van der Waals surface area contributed by atoms with Gasteiger partial charge in [0.1, 0.15) is 0 Å². The molecule has 3 aromatic rings. The molecule has 0 aliphatic carbocycles. The number of nitrogens with zero attached hydrogens (tertiary/aromatic N) is 1. The van der Waals surface area contributed by atoms with Crippen molar-refractivity contribution in [3.63, 3.8) is 0 Å². The molecule has 2 aromatic carbocycles. The summed E-state index contributed by atoms with van der Waals surface area (Å²) in [7, 11) is 0. The minimum atomic E-state index is -0.198. The lowest BCUT2D eigenvalue weighted by molar-refractivity contribution is 0.102. The van der Waals surface area contributed by atoms with E-state index in [-0.39, 0.29) is 12.5 Å². The first-order valence-electron chi connectivity index (χ1n) is 6.63. The molecule has 0 radical (unpaired) electrons. The van der Waals surface area contributed by atoms with E-state index in [1.165, 1.54) is 0 Å². The molecule has 0 aliphatic rings. The summed E-state index contributed by atoms with van der Waals surface area (Å²) in [4.78, 5) is 16.7. The number of hydrogen-bond donors (Lipinski definition) is 2. The molecule has 0 atom stereocenters. The number of nitrogens with one attached hydrogen (secondary N) is 1. The van der Waals surface area contributed by atoms with Crippen LogP contribution in [0.1, 0.15) is 15.9 Å². The maximum absolute atomic E-state index is 12.4. The van der Waals surface area contributed by atoms with Crippen molar-refractivity contribution in [1.29, 1.82) is 0 Å². The smallest absolute Gasteiger partial charge is 0.257 e. The molecule has 0 saturated carbocycles. The van der Waals surface area contributed by atoms with Crippen LogP contribution in [0.25, 0.3) is 10.9 Å². The SMILES string of the molecule is O=C(Nc1ccc(CO)cc1)c1cccc2cccnc12. The molecule has 0 fully saturated rings.